The molecular formula is C9H8F3NO4S. The third-order valence-electron chi connectivity index (χ3n) is 1.70. The fraction of sp³-hybridized carbons (Fsp3) is 0.333. The van der Waals surface area contributed by atoms with E-state index in [0.29, 0.717) is 0 Å². The molecule has 1 heterocycles. The summed E-state index contributed by atoms with van der Waals surface area (Å²) in [6.45, 7) is -0.162. The summed E-state index contributed by atoms with van der Waals surface area (Å²) >= 11 is -0.450. The molecule has 0 saturated heterocycles. The average Bonchev–Trinajstić information content (AvgIpc) is 2.71. The van der Waals surface area contributed by atoms with Gasteiger partial charge in [-0.1, -0.05) is 0 Å². The van der Waals surface area contributed by atoms with Crippen molar-refractivity contribution in [2.75, 3.05) is 5.75 Å². The van der Waals surface area contributed by atoms with Crippen molar-refractivity contribution in [1.29, 1.82) is 0 Å². The van der Waals surface area contributed by atoms with E-state index < -0.39 is 34.9 Å². The van der Waals surface area contributed by atoms with Gasteiger partial charge in [0.25, 0.3) is 0 Å². The first-order valence-electron chi connectivity index (χ1n) is 4.57. The minimum atomic E-state index is -4.46. The van der Waals surface area contributed by atoms with E-state index in [9.17, 15) is 22.8 Å². The minimum absolute atomic E-state index is 0.151. The highest BCUT2D eigenvalue weighted by molar-refractivity contribution is 8.00. The number of alkyl halides is 3. The molecule has 1 rings (SSSR count). The molecule has 100 valence electrons. The molecule has 0 radical (unpaired) electrons. The molecule has 0 aliphatic rings. The first-order valence-corrected chi connectivity index (χ1v) is 5.56. The van der Waals surface area contributed by atoms with Gasteiger partial charge in [-0.25, -0.2) is 4.79 Å². The van der Waals surface area contributed by atoms with Gasteiger partial charge in [0, 0.05) is 0 Å². The van der Waals surface area contributed by atoms with Crippen LogP contribution in [0.2, 0.25) is 0 Å². The van der Waals surface area contributed by atoms with Crippen molar-refractivity contribution in [2.24, 2.45) is 0 Å². The van der Waals surface area contributed by atoms with Gasteiger partial charge < -0.3 is 14.8 Å². The van der Waals surface area contributed by atoms with Gasteiger partial charge >= 0.3 is 11.5 Å². The van der Waals surface area contributed by atoms with E-state index in [4.69, 9.17) is 9.52 Å². The number of rotatable bonds is 5. The maximum Gasteiger partial charge on any atom is 0.442 e. The van der Waals surface area contributed by atoms with Gasteiger partial charge in [0.05, 0.1) is 12.3 Å². The normalized spacial score (nSPS) is 11.3. The predicted octanol–water partition coefficient (Wildman–Crippen LogP) is 1.85. The molecule has 18 heavy (non-hydrogen) atoms. The van der Waals surface area contributed by atoms with Crippen LogP contribution >= 0.6 is 11.8 Å². The van der Waals surface area contributed by atoms with Crippen molar-refractivity contribution >= 4 is 23.6 Å². The maximum atomic E-state index is 11.8. The lowest BCUT2D eigenvalue weighted by Crippen LogP contribution is -2.25. The van der Waals surface area contributed by atoms with E-state index in [1.165, 1.54) is 12.1 Å². The number of thioether (sulfide) groups is 1. The molecule has 1 amide bonds. The largest absolute Gasteiger partial charge is 0.475 e. The van der Waals surface area contributed by atoms with E-state index in [-0.39, 0.29) is 18.1 Å². The van der Waals surface area contributed by atoms with Gasteiger partial charge in [-0.2, -0.15) is 13.2 Å². The Morgan fingerprint density at radius 2 is 2.06 bits per heavy atom. The van der Waals surface area contributed by atoms with Gasteiger partial charge in [-0.15, -0.1) is 0 Å². The molecule has 0 aromatic carbocycles. The molecule has 0 unspecified atom stereocenters. The Kier molecular flexibility index (Phi) is 4.65. The van der Waals surface area contributed by atoms with Crippen LogP contribution in [-0.4, -0.2) is 28.2 Å². The summed E-state index contributed by atoms with van der Waals surface area (Å²) in [6.07, 6.45) is 0. The summed E-state index contributed by atoms with van der Waals surface area (Å²) < 4.78 is 40.1. The number of amides is 1. The fourth-order valence-electron chi connectivity index (χ4n) is 0.972. The average molecular weight is 283 g/mol. The fourth-order valence-corrected chi connectivity index (χ4v) is 1.37. The minimum Gasteiger partial charge on any atom is -0.475 e. The highest BCUT2D eigenvalue weighted by atomic mass is 32.2. The second kappa shape index (κ2) is 5.80. The van der Waals surface area contributed by atoms with Gasteiger partial charge in [0.2, 0.25) is 11.7 Å². The Morgan fingerprint density at radius 1 is 1.39 bits per heavy atom. The lowest BCUT2D eigenvalue weighted by atomic mass is 10.4. The molecule has 0 aliphatic heterocycles. The second-order valence-electron chi connectivity index (χ2n) is 3.08. The number of furan rings is 1. The Labute approximate surface area is 103 Å². The topological polar surface area (TPSA) is 79.5 Å². The van der Waals surface area contributed by atoms with E-state index >= 15 is 0 Å². The summed E-state index contributed by atoms with van der Waals surface area (Å²) in [4.78, 5) is 21.5. The zero-order chi connectivity index (χ0) is 13.8. The number of hydrogen-bond acceptors (Lipinski definition) is 4. The highest BCUT2D eigenvalue weighted by Crippen LogP contribution is 2.29. The number of halogens is 3. The molecule has 0 spiro atoms. The quantitative estimate of drug-likeness (QED) is 0.862. The van der Waals surface area contributed by atoms with Crippen molar-refractivity contribution < 1.29 is 32.3 Å². The first kappa shape index (κ1) is 14.4. The third kappa shape index (κ3) is 5.13. The molecule has 1 aromatic rings. The summed E-state index contributed by atoms with van der Waals surface area (Å²) in [5.74, 6) is -2.98. The van der Waals surface area contributed by atoms with Gasteiger partial charge in [0.15, 0.2) is 0 Å². The maximum absolute atomic E-state index is 11.8. The number of carboxylic acid groups (broad SMARTS) is 1. The highest BCUT2D eigenvalue weighted by Gasteiger charge is 2.29. The summed E-state index contributed by atoms with van der Waals surface area (Å²) in [7, 11) is 0. The molecule has 5 nitrogen and oxygen atoms in total. The number of carbonyl (C=O) groups excluding carboxylic acids is 1. The Balaban J connectivity index is 2.36. The van der Waals surface area contributed by atoms with E-state index in [0.717, 1.165) is 0 Å². The van der Waals surface area contributed by atoms with Crippen molar-refractivity contribution in [2.45, 2.75) is 12.1 Å². The molecule has 0 aliphatic carbocycles. The number of carbonyl (C=O) groups is 2. The molecule has 1 aromatic heterocycles. The predicted molar refractivity (Wildman–Crippen MR) is 56.0 cm³/mol. The van der Waals surface area contributed by atoms with Crippen LogP contribution in [0.15, 0.2) is 16.5 Å². The number of hydrogen-bond donors (Lipinski definition) is 2. The number of nitrogens with one attached hydrogen (secondary N) is 1. The molecule has 0 bridgehead atoms. The van der Waals surface area contributed by atoms with Crippen molar-refractivity contribution in [1.82, 2.24) is 5.32 Å². The van der Waals surface area contributed by atoms with E-state index in [1.807, 2.05) is 0 Å². The zero-order valence-corrected chi connectivity index (χ0v) is 9.60. The number of carboxylic acids is 1. The molecule has 0 atom stereocenters. The van der Waals surface area contributed by atoms with Crippen molar-refractivity contribution in [3.63, 3.8) is 0 Å². The third-order valence-corrected chi connectivity index (χ3v) is 2.43. The van der Waals surface area contributed by atoms with Crippen LogP contribution in [0.4, 0.5) is 13.2 Å². The summed E-state index contributed by atoms with van der Waals surface area (Å²) in [5.41, 5.74) is -4.46. The summed E-state index contributed by atoms with van der Waals surface area (Å²) in [5, 5.41) is 10.7. The van der Waals surface area contributed by atoms with Crippen molar-refractivity contribution in [3.8, 4) is 0 Å². The molecule has 0 saturated carbocycles. The summed E-state index contributed by atoms with van der Waals surface area (Å²) in [6, 6.07) is 2.51. The van der Waals surface area contributed by atoms with E-state index in [1.54, 1.807) is 0 Å². The van der Waals surface area contributed by atoms with Crippen LogP contribution in [0, 0.1) is 0 Å². The standard InChI is InChI=1S/C9H8F3NO4S/c10-9(11,12)18-4-7(14)13-3-5-1-2-6(17-5)8(15)16/h1-2H,3-4H2,(H,13,14)(H,15,16). The Morgan fingerprint density at radius 3 is 2.56 bits per heavy atom. The van der Waals surface area contributed by atoms with Gasteiger partial charge in [-0.05, 0) is 23.9 Å². The van der Waals surface area contributed by atoms with E-state index in [2.05, 4.69) is 5.32 Å². The second-order valence-corrected chi connectivity index (χ2v) is 4.12. The van der Waals surface area contributed by atoms with Crippen LogP contribution < -0.4 is 5.32 Å². The van der Waals surface area contributed by atoms with Crippen LogP contribution in [0.25, 0.3) is 0 Å². The molecule has 0 fully saturated rings. The lowest BCUT2D eigenvalue weighted by molar-refractivity contribution is -0.119. The Hall–Kier alpha value is -1.64. The zero-order valence-electron chi connectivity index (χ0n) is 8.78. The SMILES string of the molecule is O=C(CSC(F)(F)F)NCc1ccc(C(=O)O)o1. The van der Waals surface area contributed by atoms with Crippen LogP contribution in [0.5, 0.6) is 0 Å². The van der Waals surface area contributed by atoms with Crippen molar-refractivity contribution in [3.05, 3.63) is 23.7 Å². The van der Waals surface area contributed by atoms with Crippen LogP contribution in [0.1, 0.15) is 16.3 Å². The lowest BCUT2D eigenvalue weighted by Gasteiger charge is -2.05. The smallest absolute Gasteiger partial charge is 0.442 e. The molecular weight excluding hydrogens is 275 g/mol. The van der Waals surface area contributed by atoms with Crippen LogP contribution in [-0.2, 0) is 11.3 Å². The number of aromatic carboxylic acids is 1. The first-order chi connectivity index (χ1) is 8.28. The molecule has 2 N–H and O–H groups in total. The monoisotopic (exact) mass is 283 g/mol. The molecule has 9 heteroatoms. The van der Waals surface area contributed by atoms with Gasteiger partial charge in [0.1, 0.15) is 5.76 Å². The van der Waals surface area contributed by atoms with Crippen LogP contribution in [0.3, 0.4) is 0 Å². The Bertz CT molecular complexity index is 443. The van der Waals surface area contributed by atoms with Gasteiger partial charge in [-0.3, -0.25) is 4.79 Å².